The number of nitriles is 1. The summed E-state index contributed by atoms with van der Waals surface area (Å²) in [6.45, 7) is 2.67. The van der Waals surface area contributed by atoms with Crippen molar-refractivity contribution in [1.82, 2.24) is 4.98 Å². The minimum Gasteiger partial charge on any atom is -0.367 e. The molecule has 136 valence electrons. The fourth-order valence-corrected chi connectivity index (χ4v) is 2.97. The smallest absolute Gasteiger partial charge is 0.319 e. The number of benzene rings is 2. The molecule has 0 bridgehead atoms. The number of carbonyl (C=O) groups is 1. The summed E-state index contributed by atoms with van der Waals surface area (Å²) in [5, 5.41) is 14.1. The van der Waals surface area contributed by atoms with Gasteiger partial charge in [0, 0.05) is 29.2 Å². The van der Waals surface area contributed by atoms with Crippen molar-refractivity contribution in [3.63, 3.8) is 0 Å². The molecule has 0 unspecified atom stereocenters. The average Bonchev–Trinajstić information content (AvgIpc) is 2.66. The third-order valence-electron chi connectivity index (χ3n) is 4.20. The Morgan fingerprint density at radius 1 is 1.30 bits per heavy atom. The Morgan fingerprint density at radius 3 is 2.70 bits per heavy atom. The average molecular weight is 380 g/mol. The van der Waals surface area contributed by atoms with E-state index in [-0.39, 0.29) is 0 Å². The Balaban J connectivity index is 1.79. The molecule has 3 rings (SSSR count). The van der Waals surface area contributed by atoms with Gasteiger partial charge in [0.05, 0.1) is 11.1 Å². The van der Waals surface area contributed by atoms with E-state index in [4.69, 9.17) is 17.3 Å². The summed E-state index contributed by atoms with van der Waals surface area (Å²) in [7, 11) is 0. The summed E-state index contributed by atoms with van der Waals surface area (Å²) >= 11 is 5.89. The van der Waals surface area contributed by atoms with Gasteiger partial charge in [-0.25, -0.2) is 9.78 Å². The second kappa shape index (κ2) is 7.94. The first kappa shape index (κ1) is 18.5. The highest BCUT2D eigenvalue weighted by Crippen LogP contribution is 2.23. The van der Waals surface area contributed by atoms with Crippen molar-refractivity contribution >= 4 is 40.0 Å². The summed E-state index contributed by atoms with van der Waals surface area (Å²) in [6.07, 6.45) is 0. The minimum atomic E-state index is -0.568. The molecule has 27 heavy (non-hydrogen) atoms. The number of hydrogen-bond acceptors (Lipinski definition) is 4. The zero-order chi connectivity index (χ0) is 19.4. The molecule has 0 aliphatic carbocycles. The number of anilines is 2. The first-order chi connectivity index (χ1) is 13.0. The predicted octanol–water partition coefficient (Wildman–Crippen LogP) is 4.07. The molecule has 0 saturated carbocycles. The van der Waals surface area contributed by atoms with E-state index in [0.717, 1.165) is 16.5 Å². The zero-order valence-corrected chi connectivity index (χ0v) is 15.5. The van der Waals surface area contributed by atoms with E-state index in [0.29, 0.717) is 35.2 Å². The van der Waals surface area contributed by atoms with Crippen molar-refractivity contribution in [3.05, 3.63) is 64.7 Å². The molecule has 6 nitrogen and oxygen atoms in total. The lowest BCUT2D eigenvalue weighted by molar-refractivity contribution is 0.254. The number of nitrogens with zero attached hydrogens (tertiary/aromatic N) is 3. The molecule has 0 saturated heterocycles. The van der Waals surface area contributed by atoms with Gasteiger partial charge in [0.2, 0.25) is 0 Å². The second-order valence-corrected chi connectivity index (χ2v) is 6.47. The number of aromatic nitrogens is 1. The van der Waals surface area contributed by atoms with E-state index in [2.05, 4.69) is 16.4 Å². The van der Waals surface area contributed by atoms with Crippen LogP contribution >= 0.6 is 11.6 Å². The van der Waals surface area contributed by atoms with Crippen LogP contribution in [-0.4, -0.2) is 24.1 Å². The Bertz CT molecular complexity index is 1030. The monoisotopic (exact) mass is 379 g/mol. The van der Waals surface area contributed by atoms with Gasteiger partial charge >= 0.3 is 6.03 Å². The van der Waals surface area contributed by atoms with Crippen LogP contribution in [0.25, 0.3) is 10.9 Å². The molecule has 3 aromatic rings. The fraction of sp³-hybridized carbons (Fsp3) is 0.150. The van der Waals surface area contributed by atoms with Crippen LogP contribution in [-0.2, 0) is 0 Å². The molecule has 2 aromatic carbocycles. The summed E-state index contributed by atoms with van der Waals surface area (Å²) in [4.78, 5) is 17.8. The van der Waals surface area contributed by atoms with Crippen molar-refractivity contribution in [3.8, 4) is 6.07 Å². The van der Waals surface area contributed by atoms with Crippen molar-refractivity contribution in [2.75, 3.05) is 23.3 Å². The van der Waals surface area contributed by atoms with E-state index < -0.39 is 6.03 Å². The van der Waals surface area contributed by atoms with E-state index in [1.165, 1.54) is 4.90 Å². The molecule has 1 aromatic heterocycles. The number of rotatable bonds is 5. The molecule has 7 heteroatoms. The molecule has 0 radical (unpaired) electrons. The van der Waals surface area contributed by atoms with Gasteiger partial charge in [0.25, 0.3) is 0 Å². The SMILES string of the molecule is Cc1cccc2cc(C#N)c(NCCN(C(N)=O)c3ccc(Cl)cc3)nc12. The number of nitrogens with two attached hydrogens (primary N) is 1. The van der Waals surface area contributed by atoms with Crippen LogP contribution in [0.15, 0.2) is 48.5 Å². The lowest BCUT2D eigenvalue weighted by Gasteiger charge is -2.21. The number of halogens is 1. The predicted molar refractivity (Wildman–Crippen MR) is 108 cm³/mol. The van der Waals surface area contributed by atoms with Crippen LogP contribution in [0.5, 0.6) is 0 Å². The molecule has 1 heterocycles. The Hall–Kier alpha value is -3.30. The minimum absolute atomic E-state index is 0.315. The van der Waals surface area contributed by atoms with Crippen LogP contribution in [0.2, 0.25) is 5.02 Å². The molecule has 3 N–H and O–H groups in total. The van der Waals surface area contributed by atoms with Crippen molar-refractivity contribution in [1.29, 1.82) is 5.26 Å². The van der Waals surface area contributed by atoms with E-state index in [1.807, 2.05) is 31.2 Å². The van der Waals surface area contributed by atoms with E-state index >= 15 is 0 Å². The van der Waals surface area contributed by atoms with Crippen molar-refractivity contribution in [2.24, 2.45) is 5.73 Å². The normalized spacial score (nSPS) is 10.4. The van der Waals surface area contributed by atoms with Gasteiger partial charge in [-0.15, -0.1) is 0 Å². The number of nitrogens with one attached hydrogen (secondary N) is 1. The number of fused-ring (bicyclic) bond motifs is 1. The van der Waals surface area contributed by atoms with E-state index in [9.17, 15) is 10.1 Å². The number of urea groups is 1. The van der Waals surface area contributed by atoms with Crippen LogP contribution < -0.4 is 16.0 Å². The maximum Gasteiger partial charge on any atom is 0.319 e. The summed E-state index contributed by atoms with van der Waals surface area (Å²) < 4.78 is 0. The quantitative estimate of drug-likeness (QED) is 0.698. The maximum absolute atomic E-state index is 11.8. The highest BCUT2D eigenvalue weighted by Gasteiger charge is 2.13. The number of aryl methyl sites for hydroxylation is 1. The maximum atomic E-state index is 11.8. The van der Waals surface area contributed by atoms with Crippen molar-refractivity contribution in [2.45, 2.75) is 6.92 Å². The Kier molecular flexibility index (Phi) is 5.43. The molecular formula is C20H18ClN5O. The first-order valence-electron chi connectivity index (χ1n) is 8.36. The van der Waals surface area contributed by atoms with Crippen molar-refractivity contribution < 1.29 is 4.79 Å². The number of carbonyl (C=O) groups excluding carboxylic acids is 1. The number of amides is 2. The number of pyridine rings is 1. The van der Waals surface area contributed by atoms with Crippen LogP contribution in [0.3, 0.4) is 0 Å². The number of hydrogen-bond donors (Lipinski definition) is 2. The van der Waals surface area contributed by atoms with Gasteiger partial charge in [-0.3, -0.25) is 4.90 Å². The summed E-state index contributed by atoms with van der Waals surface area (Å²) in [5.74, 6) is 0.486. The molecular weight excluding hydrogens is 362 g/mol. The standard InChI is InChI=1S/C20H18ClN5O/c1-13-3-2-4-14-11-15(12-22)19(25-18(13)14)24-9-10-26(20(23)27)17-7-5-16(21)6-8-17/h2-8,11H,9-10H2,1H3,(H2,23,27)(H,24,25). The third-order valence-corrected chi connectivity index (χ3v) is 4.45. The Morgan fingerprint density at radius 2 is 2.04 bits per heavy atom. The molecule has 2 amide bonds. The highest BCUT2D eigenvalue weighted by atomic mass is 35.5. The van der Waals surface area contributed by atoms with Gasteiger partial charge in [0.15, 0.2) is 0 Å². The van der Waals surface area contributed by atoms with Crippen LogP contribution in [0.1, 0.15) is 11.1 Å². The molecule has 0 fully saturated rings. The van der Waals surface area contributed by atoms with Crippen LogP contribution in [0.4, 0.5) is 16.3 Å². The molecule has 0 atom stereocenters. The number of primary amides is 1. The number of para-hydroxylation sites is 1. The molecule has 0 aliphatic heterocycles. The summed E-state index contributed by atoms with van der Waals surface area (Å²) in [5.41, 5.74) is 8.46. The van der Waals surface area contributed by atoms with Crippen LogP contribution in [0, 0.1) is 18.3 Å². The largest absolute Gasteiger partial charge is 0.367 e. The third kappa shape index (κ3) is 4.10. The summed E-state index contributed by atoms with van der Waals surface area (Å²) in [6, 6.07) is 16.1. The Labute approximate surface area is 162 Å². The lowest BCUT2D eigenvalue weighted by Crippen LogP contribution is -2.39. The van der Waals surface area contributed by atoms with Gasteiger partial charge < -0.3 is 11.1 Å². The van der Waals surface area contributed by atoms with Gasteiger partial charge in [-0.05, 0) is 42.8 Å². The fourth-order valence-electron chi connectivity index (χ4n) is 2.84. The molecule has 0 aliphatic rings. The lowest BCUT2D eigenvalue weighted by atomic mass is 10.1. The zero-order valence-electron chi connectivity index (χ0n) is 14.7. The highest BCUT2D eigenvalue weighted by molar-refractivity contribution is 6.30. The van der Waals surface area contributed by atoms with Gasteiger partial charge in [-0.2, -0.15) is 5.26 Å². The first-order valence-corrected chi connectivity index (χ1v) is 8.74. The molecule has 0 spiro atoms. The topological polar surface area (TPSA) is 95.0 Å². The second-order valence-electron chi connectivity index (χ2n) is 6.04. The van der Waals surface area contributed by atoms with E-state index in [1.54, 1.807) is 24.3 Å². The van der Waals surface area contributed by atoms with Gasteiger partial charge in [0.1, 0.15) is 11.9 Å². The van der Waals surface area contributed by atoms with Gasteiger partial charge in [-0.1, -0.05) is 29.8 Å².